The smallest absolute Gasteiger partial charge is 0.0656 e. The van der Waals surface area contributed by atoms with E-state index in [4.69, 9.17) is 0 Å². The molecule has 0 saturated heterocycles. The SMILES string of the molecule is C[C@]1(O)CC[C@H]2[C@@H]3CCC[C@@H]([C@H]3O)[C@@H]1C21CC1. The minimum absolute atomic E-state index is 0.114. The first-order valence-corrected chi connectivity index (χ1v) is 7.47. The summed E-state index contributed by atoms with van der Waals surface area (Å²) in [5, 5.41) is 21.4. The number of fused-ring (bicyclic) bond motifs is 4. The van der Waals surface area contributed by atoms with E-state index in [9.17, 15) is 10.2 Å². The molecule has 4 fully saturated rings. The molecule has 0 unspecified atom stereocenters. The summed E-state index contributed by atoms with van der Waals surface area (Å²) in [6, 6.07) is 0. The van der Waals surface area contributed by atoms with Gasteiger partial charge < -0.3 is 10.2 Å². The average Bonchev–Trinajstić information content (AvgIpc) is 3.01. The first-order chi connectivity index (χ1) is 8.06. The fourth-order valence-electron chi connectivity index (χ4n) is 6.15. The van der Waals surface area contributed by atoms with Crippen LogP contribution in [0.5, 0.6) is 0 Å². The third-order valence-corrected chi connectivity index (χ3v) is 6.71. The standard InChI is InChI=1S/C15H24O2/c1-14(17)6-5-11-9-3-2-4-10(12(9)16)13(14)15(11)7-8-15/h9-13,16-17H,2-8H2,1H3/t9-,10-,11-,12-,13-,14-/m0/s1. The predicted octanol–water partition coefficient (Wildman–Crippen LogP) is 2.33. The molecule has 0 radical (unpaired) electrons. The molecule has 0 aromatic carbocycles. The van der Waals surface area contributed by atoms with E-state index in [1.807, 2.05) is 6.92 Å². The van der Waals surface area contributed by atoms with Crippen molar-refractivity contribution in [1.29, 1.82) is 0 Å². The molecule has 6 atom stereocenters. The maximum atomic E-state index is 10.8. The Morgan fingerprint density at radius 3 is 2.41 bits per heavy atom. The van der Waals surface area contributed by atoms with Gasteiger partial charge in [0.2, 0.25) is 0 Å². The molecule has 0 aromatic rings. The van der Waals surface area contributed by atoms with Gasteiger partial charge in [-0.25, -0.2) is 0 Å². The van der Waals surface area contributed by atoms with Gasteiger partial charge in [-0.05, 0) is 74.5 Å². The summed E-state index contributed by atoms with van der Waals surface area (Å²) in [4.78, 5) is 0. The van der Waals surface area contributed by atoms with Crippen LogP contribution in [0.3, 0.4) is 0 Å². The quantitative estimate of drug-likeness (QED) is 0.677. The number of hydrogen-bond donors (Lipinski definition) is 2. The Morgan fingerprint density at radius 1 is 1.00 bits per heavy atom. The predicted molar refractivity (Wildman–Crippen MR) is 65.3 cm³/mol. The zero-order valence-corrected chi connectivity index (χ0v) is 10.7. The van der Waals surface area contributed by atoms with E-state index in [2.05, 4.69) is 0 Å². The van der Waals surface area contributed by atoms with Crippen LogP contribution >= 0.6 is 0 Å². The summed E-state index contributed by atoms with van der Waals surface area (Å²) >= 11 is 0. The van der Waals surface area contributed by atoms with E-state index in [1.54, 1.807) is 0 Å². The second-order valence-corrected chi connectivity index (χ2v) is 7.46. The third kappa shape index (κ3) is 1.19. The average molecular weight is 236 g/mol. The largest absolute Gasteiger partial charge is 0.393 e. The second kappa shape index (κ2) is 3.08. The minimum Gasteiger partial charge on any atom is -0.393 e. The molecule has 4 aliphatic rings. The van der Waals surface area contributed by atoms with Crippen LogP contribution in [0.2, 0.25) is 0 Å². The van der Waals surface area contributed by atoms with E-state index < -0.39 is 5.60 Å². The van der Waals surface area contributed by atoms with E-state index >= 15 is 0 Å². The second-order valence-electron chi connectivity index (χ2n) is 7.46. The normalized spacial score (nSPS) is 59.1. The molecule has 4 bridgehead atoms. The van der Waals surface area contributed by atoms with Crippen LogP contribution in [0, 0.1) is 29.1 Å². The number of rotatable bonds is 0. The van der Waals surface area contributed by atoms with Crippen molar-refractivity contribution in [3.8, 4) is 0 Å². The zero-order valence-electron chi connectivity index (χ0n) is 10.7. The van der Waals surface area contributed by atoms with Gasteiger partial charge in [-0.1, -0.05) is 6.42 Å². The lowest BCUT2D eigenvalue weighted by Crippen LogP contribution is -2.62. The van der Waals surface area contributed by atoms with Crippen LogP contribution in [0.25, 0.3) is 0 Å². The third-order valence-electron chi connectivity index (χ3n) is 6.71. The summed E-state index contributed by atoms with van der Waals surface area (Å²) in [7, 11) is 0. The molecule has 2 nitrogen and oxygen atoms in total. The lowest BCUT2D eigenvalue weighted by Gasteiger charge is -2.61. The number of aliphatic hydroxyl groups excluding tert-OH is 1. The summed E-state index contributed by atoms with van der Waals surface area (Å²) in [5.41, 5.74) is -0.0717. The fourth-order valence-corrected chi connectivity index (χ4v) is 6.15. The maximum Gasteiger partial charge on any atom is 0.0656 e. The summed E-state index contributed by atoms with van der Waals surface area (Å²) in [6.45, 7) is 2.04. The van der Waals surface area contributed by atoms with Crippen LogP contribution in [0.1, 0.15) is 51.9 Å². The van der Waals surface area contributed by atoms with Gasteiger partial charge in [0.1, 0.15) is 0 Å². The summed E-state index contributed by atoms with van der Waals surface area (Å²) < 4.78 is 0. The van der Waals surface area contributed by atoms with Gasteiger partial charge in [-0.15, -0.1) is 0 Å². The van der Waals surface area contributed by atoms with E-state index in [0.29, 0.717) is 23.2 Å². The molecule has 4 saturated carbocycles. The monoisotopic (exact) mass is 236 g/mol. The molecule has 0 heterocycles. The molecule has 0 aromatic heterocycles. The highest BCUT2D eigenvalue weighted by atomic mass is 16.3. The zero-order chi connectivity index (χ0) is 11.8. The van der Waals surface area contributed by atoms with Crippen molar-refractivity contribution in [1.82, 2.24) is 0 Å². The van der Waals surface area contributed by atoms with Crippen LogP contribution in [-0.2, 0) is 0 Å². The summed E-state index contributed by atoms with van der Waals surface area (Å²) in [6.07, 6.45) is 8.28. The van der Waals surface area contributed by atoms with Crippen LogP contribution < -0.4 is 0 Å². The lowest BCUT2D eigenvalue weighted by atomic mass is 9.46. The van der Waals surface area contributed by atoms with Gasteiger partial charge in [-0.2, -0.15) is 0 Å². The molecular formula is C15H24O2. The Hall–Kier alpha value is -0.0800. The lowest BCUT2D eigenvalue weighted by molar-refractivity contribution is -0.209. The van der Waals surface area contributed by atoms with Crippen molar-refractivity contribution in [2.24, 2.45) is 29.1 Å². The van der Waals surface area contributed by atoms with Crippen molar-refractivity contribution in [2.45, 2.75) is 63.6 Å². The van der Waals surface area contributed by atoms with Gasteiger partial charge in [0.15, 0.2) is 0 Å². The van der Waals surface area contributed by atoms with E-state index in [0.717, 1.165) is 25.2 Å². The topological polar surface area (TPSA) is 40.5 Å². The van der Waals surface area contributed by atoms with Crippen molar-refractivity contribution >= 4 is 0 Å². The molecule has 1 spiro atoms. The molecule has 0 aliphatic heterocycles. The van der Waals surface area contributed by atoms with Gasteiger partial charge >= 0.3 is 0 Å². The highest BCUT2D eigenvalue weighted by molar-refractivity contribution is 5.19. The van der Waals surface area contributed by atoms with Crippen molar-refractivity contribution < 1.29 is 10.2 Å². The molecule has 2 N–H and O–H groups in total. The van der Waals surface area contributed by atoms with Gasteiger partial charge in [-0.3, -0.25) is 0 Å². The van der Waals surface area contributed by atoms with Crippen molar-refractivity contribution in [3.63, 3.8) is 0 Å². The minimum atomic E-state index is -0.513. The molecule has 4 aliphatic carbocycles. The Morgan fingerprint density at radius 2 is 1.71 bits per heavy atom. The van der Waals surface area contributed by atoms with Crippen LogP contribution in [0.15, 0.2) is 0 Å². The molecule has 17 heavy (non-hydrogen) atoms. The molecular weight excluding hydrogens is 212 g/mol. The Balaban J connectivity index is 1.81. The van der Waals surface area contributed by atoms with Gasteiger partial charge in [0.05, 0.1) is 11.7 Å². The van der Waals surface area contributed by atoms with Crippen LogP contribution in [-0.4, -0.2) is 21.9 Å². The molecule has 4 rings (SSSR count). The Bertz CT molecular complexity index is 345. The highest BCUT2D eigenvalue weighted by Crippen LogP contribution is 2.73. The van der Waals surface area contributed by atoms with E-state index in [-0.39, 0.29) is 6.10 Å². The van der Waals surface area contributed by atoms with Crippen LogP contribution in [0.4, 0.5) is 0 Å². The Labute approximate surface area is 103 Å². The van der Waals surface area contributed by atoms with Gasteiger partial charge in [0.25, 0.3) is 0 Å². The molecule has 2 heteroatoms. The Kier molecular flexibility index (Phi) is 1.96. The first kappa shape index (κ1) is 10.8. The molecule has 96 valence electrons. The van der Waals surface area contributed by atoms with Crippen molar-refractivity contribution in [2.75, 3.05) is 0 Å². The summed E-state index contributed by atoms with van der Waals surface area (Å²) in [5.74, 6) is 2.06. The fraction of sp³-hybridized carbons (Fsp3) is 1.00. The maximum absolute atomic E-state index is 10.8. The highest BCUT2D eigenvalue weighted by Gasteiger charge is 2.70. The number of aliphatic hydroxyl groups is 2. The van der Waals surface area contributed by atoms with E-state index in [1.165, 1.54) is 25.7 Å². The van der Waals surface area contributed by atoms with Gasteiger partial charge in [0, 0.05) is 0 Å². The van der Waals surface area contributed by atoms with Crippen molar-refractivity contribution in [3.05, 3.63) is 0 Å². The first-order valence-electron chi connectivity index (χ1n) is 7.47. The number of hydrogen-bond acceptors (Lipinski definition) is 2. The molecule has 0 amide bonds.